The van der Waals surface area contributed by atoms with Crippen LogP contribution in [0.2, 0.25) is 0 Å². The van der Waals surface area contributed by atoms with Gasteiger partial charge in [-0.25, -0.2) is 4.79 Å². The first-order chi connectivity index (χ1) is 14.4. The zero-order valence-corrected chi connectivity index (χ0v) is 17.7. The van der Waals surface area contributed by atoms with Gasteiger partial charge >= 0.3 is 6.09 Å². The smallest absolute Gasteiger partial charge is 0.411 e. The van der Waals surface area contributed by atoms with E-state index in [2.05, 4.69) is 5.32 Å². The third kappa shape index (κ3) is 5.48. The summed E-state index contributed by atoms with van der Waals surface area (Å²) < 4.78 is 10.8. The number of carbonyl (C=O) groups is 2. The van der Waals surface area contributed by atoms with E-state index in [1.54, 1.807) is 6.07 Å². The van der Waals surface area contributed by atoms with Crippen molar-refractivity contribution in [2.45, 2.75) is 25.4 Å². The number of benzene rings is 2. The number of nitrogens with one attached hydrogen (secondary N) is 1. The standard InChI is InChI=1S/C24H28N2O4/c1-18(14-26(2)3)22(27)13-24(16-29-17-24)20-10-7-11-21(12-20)25-23(28)30-15-19-8-5-4-6-9-19/h4-12,14H,13,15-17H2,1-3H3,(H,25,28)/b18-14+. The SMILES string of the molecule is C/C(=C\N(C)C)C(=O)CC1(c2cccc(NC(=O)OCc3ccccc3)c2)COC1. The predicted octanol–water partition coefficient (Wildman–Crippen LogP) is 4.13. The van der Waals surface area contributed by atoms with Crippen LogP contribution in [-0.2, 0) is 26.3 Å². The highest BCUT2D eigenvalue weighted by Crippen LogP contribution is 2.37. The third-order valence-electron chi connectivity index (χ3n) is 5.08. The molecule has 30 heavy (non-hydrogen) atoms. The van der Waals surface area contributed by atoms with Gasteiger partial charge in [0.25, 0.3) is 0 Å². The van der Waals surface area contributed by atoms with Crippen molar-refractivity contribution in [1.82, 2.24) is 4.90 Å². The van der Waals surface area contributed by atoms with E-state index in [9.17, 15) is 9.59 Å². The highest BCUT2D eigenvalue weighted by atomic mass is 16.5. The van der Waals surface area contributed by atoms with E-state index in [1.807, 2.05) is 80.6 Å². The van der Waals surface area contributed by atoms with Crippen LogP contribution in [0.4, 0.5) is 10.5 Å². The second-order valence-corrected chi connectivity index (χ2v) is 7.92. The van der Waals surface area contributed by atoms with E-state index in [0.717, 1.165) is 11.1 Å². The van der Waals surface area contributed by atoms with E-state index < -0.39 is 6.09 Å². The number of nitrogens with zero attached hydrogens (tertiary/aromatic N) is 1. The molecule has 1 heterocycles. The normalized spacial score (nSPS) is 15.1. The summed E-state index contributed by atoms with van der Waals surface area (Å²) in [5.41, 5.74) is 2.87. The van der Waals surface area contributed by atoms with Gasteiger partial charge in [0, 0.05) is 43.4 Å². The van der Waals surface area contributed by atoms with Crippen LogP contribution < -0.4 is 5.32 Å². The fourth-order valence-corrected chi connectivity index (χ4v) is 3.43. The molecule has 0 aromatic heterocycles. The summed E-state index contributed by atoms with van der Waals surface area (Å²) in [6, 6.07) is 17.1. The summed E-state index contributed by atoms with van der Waals surface area (Å²) in [6.07, 6.45) is 1.68. The summed E-state index contributed by atoms with van der Waals surface area (Å²) in [7, 11) is 3.79. The molecular weight excluding hydrogens is 380 g/mol. The molecule has 6 heteroatoms. The Morgan fingerprint density at radius 1 is 1.13 bits per heavy atom. The molecule has 1 aliphatic rings. The number of hydrogen-bond acceptors (Lipinski definition) is 5. The predicted molar refractivity (Wildman–Crippen MR) is 116 cm³/mol. The molecule has 6 nitrogen and oxygen atoms in total. The van der Waals surface area contributed by atoms with Crippen LogP contribution in [0.3, 0.4) is 0 Å². The maximum absolute atomic E-state index is 12.7. The van der Waals surface area contributed by atoms with Crippen LogP contribution in [0.1, 0.15) is 24.5 Å². The first-order valence-corrected chi connectivity index (χ1v) is 9.92. The van der Waals surface area contributed by atoms with Crippen LogP contribution in [0.5, 0.6) is 0 Å². The Bertz CT molecular complexity index is 918. The second kappa shape index (κ2) is 9.59. The number of amides is 1. The molecule has 3 rings (SSSR count). The number of Topliss-reactive ketones (excluding diaryl/α,β-unsaturated/α-hetero) is 1. The molecule has 0 radical (unpaired) electrons. The fraction of sp³-hybridized carbons (Fsp3) is 0.333. The molecule has 0 saturated carbocycles. The molecule has 0 aliphatic carbocycles. The Labute approximate surface area is 177 Å². The van der Waals surface area contributed by atoms with Crippen LogP contribution in [0.15, 0.2) is 66.4 Å². The van der Waals surface area contributed by atoms with E-state index in [0.29, 0.717) is 30.9 Å². The maximum atomic E-state index is 12.7. The van der Waals surface area contributed by atoms with Gasteiger partial charge in [-0.3, -0.25) is 10.1 Å². The average molecular weight is 408 g/mol. The topological polar surface area (TPSA) is 67.9 Å². The van der Waals surface area contributed by atoms with Crippen molar-refractivity contribution < 1.29 is 19.1 Å². The molecule has 158 valence electrons. The summed E-state index contributed by atoms with van der Waals surface area (Å²) in [5, 5.41) is 2.77. The van der Waals surface area contributed by atoms with Crippen LogP contribution in [0, 0.1) is 0 Å². The zero-order chi connectivity index (χ0) is 21.6. The minimum Gasteiger partial charge on any atom is -0.444 e. The summed E-state index contributed by atoms with van der Waals surface area (Å²) >= 11 is 0. The van der Waals surface area contributed by atoms with Crippen molar-refractivity contribution in [3.63, 3.8) is 0 Å². The number of anilines is 1. The van der Waals surface area contributed by atoms with Gasteiger partial charge in [0.05, 0.1) is 13.2 Å². The Balaban J connectivity index is 1.66. The molecule has 0 unspecified atom stereocenters. The average Bonchev–Trinajstić information content (AvgIpc) is 2.69. The van der Waals surface area contributed by atoms with Gasteiger partial charge in [-0.15, -0.1) is 0 Å². The number of hydrogen-bond donors (Lipinski definition) is 1. The minimum absolute atomic E-state index is 0.0904. The van der Waals surface area contributed by atoms with Gasteiger partial charge in [0.1, 0.15) is 6.61 Å². The molecule has 2 aromatic carbocycles. The van der Waals surface area contributed by atoms with Crippen molar-refractivity contribution in [3.05, 3.63) is 77.5 Å². The Morgan fingerprint density at radius 2 is 1.87 bits per heavy atom. The third-order valence-corrected chi connectivity index (χ3v) is 5.08. The lowest BCUT2D eigenvalue weighted by Gasteiger charge is -2.41. The van der Waals surface area contributed by atoms with E-state index in [4.69, 9.17) is 9.47 Å². The first kappa shape index (κ1) is 21.6. The summed E-state index contributed by atoms with van der Waals surface area (Å²) in [5.74, 6) is 0.0904. The summed E-state index contributed by atoms with van der Waals surface area (Å²) in [4.78, 5) is 26.7. The quantitative estimate of drug-likeness (QED) is 0.666. The lowest BCUT2D eigenvalue weighted by Crippen LogP contribution is -2.48. The second-order valence-electron chi connectivity index (χ2n) is 7.92. The zero-order valence-electron chi connectivity index (χ0n) is 17.7. The molecule has 1 aliphatic heterocycles. The minimum atomic E-state index is -0.518. The highest BCUT2D eigenvalue weighted by Gasteiger charge is 2.42. The van der Waals surface area contributed by atoms with Crippen LogP contribution in [-0.4, -0.2) is 44.1 Å². The van der Waals surface area contributed by atoms with E-state index in [-0.39, 0.29) is 17.8 Å². The van der Waals surface area contributed by atoms with Crippen molar-refractivity contribution in [3.8, 4) is 0 Å². The van der Waals surface area contributed by atoms with Gasteiger partial charge in [0.2, 0.25) is 0 Å². The molecule has 0 spiro atoms. The molecule has 0 atom stereocenters. The Kier molecular flexibility index (Phi) is 6.90. The van der Waals surface area contributed by atoms with Crippen molar-refractivity contribution in [1.29, 1.82) is 0 Å². The van der Waals surface area contributed by atoms with E-state index >= 15 is 0 Å². The van der Waals surface area contributed by atoms with E-state index in [1.165, 1.54) is 0 Å². The largest absolute Gasteiger partial charge is 0.444 e. The van der Waals surface area contributed by atoms with Crippen LogP contribution >= 0.6 is 0 Å². The van der Waals surface area contributed by atoms with Crippen LogP contribution in [0.25, 0.3) is 0 Å². The molecule has 1 amide bonds. The monoisotopic (exact) mass is 408 g/mol. The van der Waals surface area contributed by atoms with Gasteiger partial charge in [-0.1, -0.05) is 42.5 Å². The van der Waals surface area contributed by atoms with Gasteiger partial charge in [-0.05, 0) is 30.2 Å². The van der Waals surface area contributed by atoms with Gasteiger partial charge in [-0.2, -0.15) is 0 Å². The number of rotatable bonds is 8. The maximum Gasteiger partial charge on any atom is 0.411 e. The molecule has 1 N–H and O–H groups in total. The molecule has 0 bridgehead atoms. The molecular formula is C24H28N2O4. The van der Waals surface area contributed by atoms with Crippen molar-refractivity contribution >= 4 is 17.6 Å². The van der Waals surface area contributed by atoms with Gasteiger partial charge in [0.15, 0.2) is 5.78 Å². The number of ether oxygens (including phenoxy) is 2. The summed E-state index contributed by atoms with van der Waals surface area (Å²) in [6.45, 7) is 3.00. The molecule has 2 aromatic rings. The Morgan fingerprint density at radius 3 is 2.50 bits per heavy atom. The fourth-order valence-electron chi connectivity index (χ4n) is 3.43. The lowest BCUT2D eigenvalue weighted by atomic mass is 9.74. The molecule has 1 fully saturated rings. The molecule has 1 saturated heterocycles. The van der Waals surface area contributed by atoms with Gasteiger partial charge < -0.3 is 14.4 Å². The number of ketones is 1. The highest BCUT2D eigenvalue weighted by molar-refractivity contribution is 5.95. The first-order valence-electron chi connectivity index (χ1n) is 9.92. The van der Waals surface area contributed by atoms with Crippen molar-refractivity contribution in [2.24, 2.45) is 0 Å². The number of carbonyl (C=O) groups excluding carboxylic acids is 2. The number of allylic oxidation sites excluding steroid dienone is 1. The Hall–Kier alpha value is -3.12. The lowest BCUT2D eigenvalue weighted by molar-refractivity contribution is -0.124. The van der Waals surface area contributed by atoms with Crippen molar-refractivity contribution in [2.75, 3.05) is 32.6 Å².